The second-order valence-electron chi connectivity index (χ2n) is 13.9. The molecule has 0 amide bonds. The third kappa shape index (κ3) is 12.7. The summed E-state index contributed by atoms with van der Waals surface area (Å²) in [4.78, 5) is 19.1. The van der Waals surface area contributed by atoms with Gasteiger partial charge in [-0.05, 0) is 38.5 Å². The minimum Gasteiger partial charge on any atom is -0.494 e. The molecule has 0 saturated carbocycles. The number of rotatable bonds is 14. The van der Waals surface area contributed by atoms with Crippen molar-refractivity contribution >= 4 is 11.7 Å². The summed E-state index contributed by atoms with van der Waals surface area (Å²) in [6.07, 6.45) is 13.1. The molecule has 11 heteroatoms. The number of aliphatic hydroxyl groups is 3. The van der Waals surface area contributed by atoms with E-state index in [1.54, 1.807) is 50.3 Å². The molecule has 12 atom stereocenters. The lowest BCUT2D eigenvalue weighted by atomic mass is 9.81. The van der Waals surface area contributed by atoms with Crippen LogP contribution in [0.5, 0.6) is 0 Å². The molecule has 2 bridgehead atoms. The molecule has 1 saturated heterocycles. The fourth-order valence-corrected chi connectivity index (χ4v) is 6.67. The van der Waals surface area contributed by atoms with Gasteiger partial charge in [-0.25, -0.2) is 4.79 Å². The molecule has 11 nitrogen and oxygen atoms in total. The summed E-state index contributed by atoms with van der Waals surface area (Å²) in [5, 5.41) is 37.9. The van der Waals surface area contributed by atoms with Crippen LogP contribution in [0.2, 0.25) is 0 Å². The van der Waals surface area contributed by atoms with Crippen LogP contribution < -0.4 is 5.73 Å². The second kappa shape index (κ2) is 22.0. The van der Waals surface area contributed by atoms with E-state index in [9.17, 15) is 20.1 Å². The largest absolute Gasteiger partial charge is 0.494 e. The second-order valence-corrected chi connectivity index (χ2v) is 13.9. The van der Waals surface area contributed by atoms with Gasteiger partial charge in [-0.15, -0.1) is 0 Å². The molecule has 2 heterocycles. The number of nitrogens with two attached hydrogens (primary N) is 1. The molecular formula is C40H64N2O9. The normalized spacial score (nSPS) is 33.7. The Kier molecular flexibility index (Phi) is 18.9. The number of hydrogen-bond acceptors (Lipinski definition) is 11. The van der Waals surface area contributed by atoms with Crippen molar-refractivity contribution in [2.45, 2.75) is 105 Å². The maximum atomic E-state index is 13.7. The molecule has 0 aromatic carbocycles. The van der Waals surface area contributed by atoms with Crippen molar-refractivity contribution in [2.24, 2.45) is 46.4 Å². The van der Waals surface area contributed by atoms with E-state index in [2.05, 4.69) is 19.0 Å². The van der Waals surface area contributed by atoms with Gasteiger partial charge in [0, 0.05) is 55.6 Å². The lowest BCUT2D eigenvalue weighted by Crippen LogP contribution is -2.45. The maximum absolute atomic E-state index is 13.7. The van der Waals surface area contributed by atoms with Crippen LogP contribution in [0.15, 0.2) is 76.9 Å². The van der Waals surface area contributed by atoms with Gasteiger partial charge in [0.15, 0.2) is 0 Å². The SMILES string of the molecule is C/C=C/C(O)C(C)/C=C/C(=N\OCCN)C(C)C(O)C(C)C1OC(=O)/C(OC)=C/C(C)=C/C(C)C(O)C(CC)C2O/C(=C\C=C\C1OC)CC2C. The Hall–Kier alpha value is -3.22. The molecule has 0 radical (unpaired) electrons. The highest BCUT2D eigenvalue weighted by Crippen LogP contribution is 2.38. The van der Waals surface area contributed by atoms with Crippen molar-refractivity contribution < 1.29 is 43.9 Å². The van der Waals surface area contributed by atoms with Crippen molar-refractivity contribution in [1.29, 1.82) is 0 Å². The highest BCUT2D eigenvalue weighted by Gasteiger charge is 2.40. The van der Waals surface area contributed by atoms with E-state index in [0.717, 1.165) is 24.2 Å². The van der Waals surface area contributed by atoms with Crippen LogP contribution >= 0.6 is 0 Å². The number of cyclic esters (lactones) is 1. The minimum absolute atomic E-state index is 0.0347. The Morgan fingerprint density at radius 1 is 1.16 bits per heavy atom. The predicted molar refractivity (Wildman–Crippen MR) is 200 cm³/mol. The fraction of sp³-hybridized carbons (Fsp3) is 0.650. The first-order valence-corrected chi connectivity index (χ1v) is 18.2. The summed E-state index contributed by atoms with van der Waals surface area (Å²) >= 11 is 0. The molecule has 5 N–H and O–H groups in total. The van der Waals surface area contributed by atoms with E-state index in [-0.39, 0.29) is 48.7 Å². The van der Waals surface area contributed by atoms with E-state index in [0.29, 0.717) is 5.71 Å². The van der Waals surface area contributed by atoms with Crippen molar-refractivity contribution in [3.63, 3.8) is 0 Å². The van der Waals surface area contributed by atoms with Gasteiger partial charge in [0.05, 0.1) is 36.9 Å². The number of nitrogens with zero attached hydrogens (tertiary/aromatic N) is 1. The zero-order valence-corrected chi connectivity index (χ0v) is 32.3. The van der Waals surface area contributed by atoms with Crippen molar-refractivity contribution in [2.75, 3.05) is 27.4 Å². The van der Waals surface area contributed by atoms with Crippen LogP contribution in [-0.4, -0.2) is 91.0 Å². The molecule has 0 spiro atoms. The van der Waals surface area contributed by atoms with Crippen LogP contribution in [0.25, 0.3) is 0 Å². The van der Waals surface area contributed by atoms with E-state index < -0.39 is 48.3 Å². The maximum Gasteiger partial charge on any atom is 0.373 e. The third-order valence-electron chi connectivity index (χ3n) is 9.88. The number of methoxy groups -OCH3 is 2. The molecule has 288 valence electrons. The molecule has 0 aromatic rings. The molecule has 2 rings (SSSR count). The summed E-state index contributed by atoms with van der Waals surface area (Å²) < 4.78 is 23.9. The van der Waals surface area contributed by atoms with Crippen LogP contribution in [-0.2, 0) is 28.6 Å². The van der Waals surface area contributed by atoms with Gasteiger partial charge in [-0.3, -0.25) is 0 Å². The van der Waals surface area contributed by atoms with Gasteiger partial charge in [0.2, 0.25) is 5.76 Å². The lowest BCUT2D eigenvalue weighted by molar-refractivity contribution is -0.161. The van der Waals surface area contributed by atoms with Crippen LogP contribution in [0.1, 0.15) is 68.2 Å². The van der Waals surface area contributed by atoms with E-state index in [1.807, 2.05) is 45.9 Å². The molecule has 12 unspecified atom stereocenters. The Morgan fingerprint density at radius 3 is 2.47 bits per heavy atom. The summed E-state index contributed by atoms with van der Waals surface area (Å²) in [5.41, 5.74) is 6.76. The molecule has 51 heavy (non-hydrogen) atoms. The van der Waals surface area contributed by atoms with Gasteiger partial charge in [0.1, 0.15) is 24.9 Å². The molecular weight excluding hydrogens is 652 g/mol. The smallest absolute Gasteiger partial charge is 0.373 e. The summed E-state index contributed by atoms with van der Waals surface area (Å²) in [5.74, 6) is -1.61. The van der Waals surface area contributed by atoms with Crippen LogP contribution in [0.4, 0.5) is 0 Å². The van der Waals surface area contributed by atoms with E-state index in [4.69, 9.17) is 29.5 Å². The highest BCUT2D eigenvalue weighted by molar-refractivity contribution is 5.96. The zero-order chi connectivity index (χ0) is 38.2. The fourth-order valence-electron chi connectivity index (χ4n) is 6.67. The number of ether oxygens (including phenoxy) is 4. The summed E-state index contributed by atoms with van der Waals surface area (Å²) in [6, 6.07) is 0. The number of allylic oxidation sites excluding steroid dienone is 7. The van der Waals surface area contributed by atoms with Gasteiger partial charge >= 0.3 is 5.97 Å². The Labute approximate surface area is 305 Å². The topological polar surface area (TPSA) is 162 Å². The van der Waals surface area contributed by atoms with Crippen molar-refractivity contribution in [3.8, 4) is 0 Å². The number of esters is 1. The first-order chi connectivity index (χ1) is 24.2. The van der Waals surface area contributed by atoms with E-state index >= 15 is 0 Å². The number of carbonyl (C=O) groups excluding carboxylic acids is 1. The minimum atomic E-state index is -1.09. The highest BCUT2D eigenvalue weighted by atomic mass is 16.6. The van der Waals surface area contributed by atoms with Crippen molar-refractivity contribution in [1.82, 2.24) is 0 Å². The molecule has 2 aliphatic rings. The van der Waals surface area contributed by atoms with Gasteiger partial charge in [-0.2, -0.15) is 0 Å². The standard InChI is InChI=1S/C40H64N2O9/c1-11-14-33(43)25(4)17-18-32(42-49-20-19-41)28(7)37(45)29(8)39-34(47-9)16-13-15-30-23-27(6)38(50-30)31(12-2)36(44)26(5)21-24(3)22-35(48-10)40(46)51-39/h11,13-18,21-22,25-29,31,33-34,36-39,43-45H,12,19-20,23,41H2,1-10H3/b14-11+,16-13+,18-17+,24-21+,30-15-,35-22-,42-32+. The Bertz CT molecular complexity index is 1300. The molecule has 2 aliphatic heterocycles. The number of carbonyl (C=O) groups is 1. The zero-order valence-electron chi connectivity index (χ0n) is 32.3. The van der Waals surface area contributed by atoms with E-state index in [1.165, 1.54) is 14.2 Å². The quantitative estimate of drug-likeness (QED) is 0.0604. The Balaban J connectivity index is 2.60. The molecule has 1 fully saturated rings. The average molecular weight is 717 g/mol. The van der Waals surface area contributed by atoms with Gasteiger partial charge in [0.25, 0.3) is 0 Å². The Morgan fingerprint density at radius 2 is 1.86 bits per heavy atom. The molecule has 0 aliphatic carbocycles. The number of fused-ring (bicyclic) bond motifs is 2. The summed E-state index contributed by atoms with van der Waals surface area (Å²) in [6.45, 7) is 15.7. The monoisotopic (exact) mass is 716 g/mol. The number of hydrogen-bond donors (Lipinski definition) is 4. The first-order valence-electron chi connectivity index (χ1n) is 18.2. The van der Waals surface area contributed by atoms with Crippen LogP contribution in [0, 0.1) is 35.5 Å². The number of oxime groups is 1. The molecule has 0 aromatic heterocycles. The first kappa shape index (κ1) is 43.9. The number of aliphatic hydroxyl groups excluding tert-OH is 3. The third-order valence-corrected chi connectivity index (χ3v) is 9.88. The van der Waals surface area contributed by atoms with Gasteiger partial charge < -0.3 is 44.8 Å². The van der Waals surface area contributed by atoms with Crippen molar-refractivity contribution in [3.05, 3.63) is 71.8 Å². The van der Waals surface area contributed by atoms with Crippen LogP contribution in [0.3, 0.4) is 0 Å². The predicted octanol–water partition coefficient (Wildman–Crippen LogP) is 5.39. The average Bonchev–Trinajstić information content (AvgIpc) is 3.47. The summed E-state index contributed by atoms with van der Waals surface area (Å²) in [7, 11) is 2.91. The lowest BCUT2D eigenvalue weighted by Gasteiger charge is -2.34. The van der Waals surface area contributed by atoms with Gasteiger partial charge in [-0.1, -0.05) is 88.7 Å².